The number of hydrogen-bond acceptors (Lipinski definition) is 8. The molecule has 3 N–H and O–H groups in total. The maximum absolute atomic E-state index is 12.7. The van der Waals surface area contributed by atoms with E-state index in [-0.39, 0.29) is 37.0 Å². The number of nitrogens with one attached hydrogen (secondary N) is 2. The third kappa shape index (κ3) is 8.70. The quantitative estimate of drug-likeness (QED) is 0.124. The summed E-state index contributed by atoms with van der Waals surface area (Å²) in [4.78, 5) is 34.2. The number of aromatic nitrogens is 2. The first kappa shape index (κ1) is 38.2. The van der Waals surface area contributed by atoms with Crippen LogP contribution in [0.5, 0.6) is 11.6 Å². The number of nitrogens with zero attached hydrogens (tertiary/aromatic N) is 3. The lowest BCUT2D eigenvalue weighted by atomic mass is 9.98. The Kier molecular flexibility index (Phi) is 12.0. The first-order valence-electron chi connectivity index (χ1n) is 16.3. The Morgan fingerprint density at radius 2 is 1.82 bits per heavy atom. The fraction of sp³-hybridized carbons (Fsp3) is 0.351. The molecule has 2 amide bonds. The van der Waals surface area contributed by atoms with Gasteiger partial charge in [-0.1, -0.05) is 53.5 Å². The van der Waals surface area contributed by atoms with Gasteiger partial charge in [-0.15, -0.1) is 4.72 Å². The second-order valence-corrected chi connectivity index (χ2v) is 16.0. The van der Waals surface area contributed by atoms with Crippen molar-refractivity contribution >= 4 is 46.6 Å². The summed E-state index contributed by atoms with van der Waals surface area (Å²) in [6.07, 6.45) is 1.51. The number of halogens is 2. The Balaban J connectivity index is 1.43. The molecule has 1 unspecified atom stereocenters. The molecule has 0 spiro atoms. The van der Waals surface area contributed by atoms with Crippen molar-refractivity contribution in [2.45, 2.75) is 63.9 Å². The molecule has 3 atom stereocenters. The SMILES string of the molecule is COc1cc(-c2nccc(-c3cccc(-c4ccc(CN(CC5CCC(=O)N5)C(=O)O)c(OC)n4)c3Cl)c2Cl)ccc1[C@H](C)N[S@@+]([O-])C(C)(C)C. The highest BCUT2D eigenvalue weighted by atomic mass is 35.5. The monoisotopic (exact) mass is 753 g/mol. The normalized spacial score (nSPS) is 15.6. The molecule has 270 valence electrons. The molecule has 11 nitrogen and oxygen atoms in total. The van der Waals surface area contributed by atoms with Crippen molar-refractivity contribution in [3.8, 4) is 45.3 Å². The van der Waals surface area contributed by atoms with E-state index in [1.807, 2.05) is 64.1 Å². The Morgan fingerprint density at radius 3 is 2.47 bits per heavy atom. The molecule has 2 aromatic heterocycles. The van der Waals surface area contributed by atoms with Crippen LogP contribution in [-0.2, 0) is 22.7 Å². The van der Waals surface area contributed by atoms with Crippen molar-refractivity contribution < 1.29 is 28.7 Å². The maximum Gasteiger partial charge on any atom is 0.407 e. The van der Waals surface area contributed by atoms with E-state index in [2.05, 4.69) is 15.0 Å². The van der Waals surface area contributed by atoms with E-state index in [4.69, 9.17) is 37.7 Å². The molecule has 0 radical (unpaired) electrons. The topological polar surface area (TPSA) is 149 Å². The van der Waals surface area contributed by atoms with Gasteiger partial charge in [0.05, 0.1) is 48.2 Å². The number of carbonyl (C=O) groups is 2. The van der Waals surface area contributed by atoms with Gasteiger partial charge in [0.15, 0.2) is 0 Å². The highest BCUT2D eigenvalue weighted by molar-refractivity contribution is 7.90. The molecule has 1 aliphatic rings. The highest BCUT2D eigenvalue weighted by Gasteiger charge is 2.30. The van der Waals surface area contributed by atoms with Gasteiger partial charge in [-0.05, 0) is 58.4 Å². The van der Waals surface area contributed by atoms with E-state index in [9.17, 15) is 19.2 Å². The van der Waals surface area contributed by atoms with Crippen molar-refractivity contribution in [2.24, 2.45) is 0 Å². The lowest BCUT2D eigenvalue weighted by Gasteiger charge is -2.27. The molecule has 51 heavy (non-hydrogen) atoms. The lowest BCUT2D eigenvalue weighted by molar-refractivity contribution is -0.119. The van der Waals surface area contributed by atoms with Crippen LogP contribution < -0.4 is 19.5 Å². The van der Waals surface area contributed by atoms with Crippen LogP contribution in [-0.4, -0.2) is 68.1 Å². The van der Waals surface area contributed by atoms with Crippen molar-refractivity contribution in [1.29, 1.82) is 0 Å². The molecule has 1 fully saturated rings. The smallest absolute Gasteiger partial charge is 0.407 e. The van der Waals surface area contributed by atoms with Crippen molar-refractivity contribution in [1.82, 2.24) is 24.9 Å². The van der Waals surface area contributed by atoms with Crippen LogP contribution in [0.4, 0.5) is 4.79 Å². The van der Waals surface area contributed by atoms with E-state index in [0.717, 1.165) is 11.1 Å². The van der Waals surface area contributed by atoms with Crippen LogP contribution in [0, 0.1) is 0 Å². The van der Waals surface area contributed by atoms with Gasteiger partial charge in [0.25, 0.3) is 0 Å². The molecule has 2 aromatic carbocycles. The van der Waals surface area contributed by atoms with Crippen molar-refractivity contribution in [2.75, 3.05) is 20.8 Å². The number of benzene rings is 2. The summed E-state index contributed by atoms with van der Waals surface area (Å²) in [6, 6.07) is 16.1. The van der Waals surface area contributed by atoms with Gasteiger partial charge in [0, 0.05) is 69.9 Å². The predicted octanol–water partition coefficient (Wildman–Crippen LogP) is 7.67. The summed E-state index contributed by atoms with van der Waals surface area (Å²) in [5, 5.41) is 13.5. The molecule has 0 bridgehead atoms. The average Bonchev–Trinajstić information content (AvgIpc) is 3.51. The van der Waals surface area contributed by atoms with E-state index >= 15 is 0 Å². The molecule has 0 aliphatic carbocycles. The van der Waals surface area contributed by atoms with Gasteiger partial charge < -0.3 is 29.3 Å². The zero-order chi connectivity index (χ0) is 37.0. The first-order valence-corrected chi connectivity index (χ1v) is 18.2. The van der Waals surface area contributed by atoms with Gasteiger partial charge in [-0.2, -0.15) is 0 Å². The Morgan fingerprint density at radius 1 is 1.10 bits per heavy atom. The van der Waals surface area contributed by atoms with Crippen LogP contribution >= 0.6 is 23.2 Å². The molecule has 1 aliphatic heterocycles. The maximum atomic E-state index is 12.7. The van der Waals surface area contributed by atoms with Crippen LogP contribution in [0.15, 0.2) is 60.8 Å². The van der Waals surface area contributed by atoms with E-state index < -0.39 is 22.2 Å². The Hall–Kier alpha value is -4.07. The standard InChI is InChI=1S/C37H41Cl2N5O6S/c1-21(43-51(48)37(2,3)4)25-13-10-22(18-30(25)49-5)34-33(39)27(16-17-40-34)26-8-7-9-28(32(26)38)29-14-11-23(35(42-29)50-6)19-44(36(46)47)20-24-12-15-31(45)41-24/h7-11,13-14,16-18,21,24,43H,12,15,19-20H2,1-6H3,(H,41,45)(H,46,47)/t21-,24?,51-/m0/s1. The second kappa shape index (κ2) is 16.1. The summed E-state index contributed by atoms with van der Waals surface area (Å²) >= 11 is 12.8. The lowest BCUT2D eigenvalue weighted by Crippen LogP contribution is -2.41. The van der Waals surface area contributed by atoms with Gasteiger partial charge in [0.1, 0.15) is 10.5 Å². The third-order valence-electron chi connectivity index (χ3n) is 8.56. The summed E-state index contributed by atoms with van der Waals surface area (Å²) in [5.74, 6) is 0.773. The van der Waals surface area contributed by atoms with E-state index in [1.165, 1.54) is 12.0 Å². The summed E-state index contributed by atoms with van der Waals surface area (Å²) < 4.78 is 26.8. The highest BCUT2D eigenvalue weighted by Crippen LogP contribution is 2.42. The predicted molar refractivity (Wildman–Crippen MR) is 201 cm³/mol. The zero-order valence-electron chi connectivity index (χ0n) is 29.3. The fourth-order valence-electron chi connectivity index (χ4n) is 5.82. The van der Waals surface area contributed by atoms with E-state index in [1.54, 1.807) is 31.5 Å². The fourth-order valence-corrected chi connectivity index (χ4v) is 7.27. The van der Waals surface area contributed by atoms with Gasteiger partial charge in [-0.25, -0.2) is 9.78 Å². The first-order chi connectivity index (χ1) is 24.2. The summed E-state index contributed by atoms with van der Waals surface area (Å²) in [7, 11) is 3.06. The molecule has 4 aromatic rings. The molecular formula is C37H41Cl2N5O6S. The summed E-state index contributed by atoms with van der Waals surface area (Å²) in [6.45, 7) is 7.85. The van der Waals surface area contributed by atoms with Gasteiger partial charge >= 0.3 is 6.09 Å². The van der Waals surface area contributed by atoms with Gasteiger partial charge in [-0.3, -0.25) is 9.78 Å². The number of ether oxygens (including phenoxy) is 2. The zero-order valence-corrected chi connectivity index (χ0v) is 31.6. The molecule has 3 heterocycles. The minimum absolute atomic E-state index is 0.0267. The minimum atomic E-state index is -1.27. The number of rotatable bonds is 12. The molecule has 5 rings (SSSR count). The molecular weight excluding hydrogens is 713 g/mol. The van der Waals surface area contributed by atoms with Crippen molar-refractivity contribution in [3.63, 3.8) is 0 Å². The molecule has 0 saturated carbocycles. The summed E-state index contributed by atoms with van der Waals surface area (Å²) in [5.41, 5.74) is 5.13. The number of methoxy groups -OCH3 is 2. The number of carboxylic acid groups (broad SMARTS) is 1. The number of pyridine rings is 2. The molecule has 1 saturated heterocycles. The van der Waals surface area contributed by atoms with Crippen LogP contribution in [0.2, 0.25) is 10.0 Å². The van der Waals surface area contributed by atoms with E-state index in [0.29, 0.717) is 62.3 Å². The van der Waals surface area contributed by atoms with Crippen LogP contribution in [0.25, 0.3) is 33.6 Å². The second-order valence-electron chi connectivity index (χ2n) is 13.2. The Bertz CT molecular complexity index is 1920. The number of carbonyl (C=O) groups excluding carboxylic acids is 1. The molecule has 14 heteroatoms. The Labute approximate surface area is 311 Å². The van der Waals surface area contributed by atoms with Crippen molar-refractivity contribution in [3.05, 3.63) is 82.0 Å². The van der Waals surface area contributed by atoms with Gasteiger partial charge in [0.2, 0.25) is 11.8 Å². The van der Waals surface area contributed by atoms with Crippen LogP contribution in [0.1, 0.15) is 57.7 Å². The minimum Gasteiger partial charge on any atom is -0.598 e. The van der Waals surface area contributed by atoms with Crippen LogP contribution in [0.3, 0.4) is 0 Å². The third-order valence-corrected chi connectivity index (χ3v) is 11.0. The average molecular weight is 755 g/mol. The largest absolute Gasteiger partial charge is 0.598 e. The number of hydrogen-bond donors (Lipinski definition) is 3. The number of amides is 2.